The van der Waals surface area contributed by atoms with Gasteiger partial charge in [-0.2, -0.15) is 0 Å². The summed E-state index contributed by atoms with van der Waals surface area (Å²) in [5, 5.41) is 0. The first kappa shape index (κ1) is 26.0. The molecule has 4 rings (SSSR count). The van der Waals surface area contributed by atoms with Crippen molar-refractivity contribution in [3.63, 3.8) is 0 Å². The molecule has 3 nitrogen and oxygen atoms in total. The van der Waals surface area contributed by atoms with E-state index >= 15 is 0 Å². The fraction of sp³-hybridized carbons (Fsp3) is 0.645. The van der Waals surface area contributed by atoms with Crippen molar-refractivity contribution in [2.75, 3.05) is 6.61 Å². The molecule has 0 heterocycles. The van der Waals surface area contributed by atoms with Gasteiger partial charge in [-0.1, -0.05) is 50.5 Å². The van der Waals surface area contributed by atoms with Gasteiger partial charge < -0.3 is 9.47 Å². The monoisotopic (exact) mass is 482 g/mol. The zero-order valence-electron chi connectivity index (χ0n) is 21.4. The largest absolute Gasteiger partial charge is 0.489 e. The summed E-state index contributed by atoms with van der Waals surface area (Å²) in [4.78, 5) is 13.1. The Bertz CT molecular complexity index is 870. The van der Waals surface area contributed by atoms with Gasteiger partial charge in [0.25, 0.3) is 0 Å². The van der Waals surface area contributed by atoms with Crippen molar-refractivity contribution >= 4 is 5.97 Å². The quantitative estimate of drug-likeness (QED) is 0.202. The van der Waals surface area contributed by atoms with Crippen LogP contribution in [0.1, 0.15) is 84.0 Å². The number of fused-ring (bicyclic) bond motifs is 1. The normalized spacial score (nSPS) is 31.0. The minimum atomic E-state index is -0.558. The van der Waals surface area contributed by atoms with E-state index in [1.165, 1.54) is 69.9 Å². The van der Waals surface area contributed by atoms with Gasteiger partial charge in [0.05, 0.1) is 5.92 Å². The average Bonchev–Trinajstić information content (AvgIpc) is 2.88. The van der Waals surface area contributed by atoms with Crippen LogP contribution >= 0.6 is 0 Å². The van der Waals surface area contributed by atoms with Crippen molar-refractivity contribution in [2.24, 2.45) is 35.5 Å². The van der Waals surface area contributed by atoms with Crippen LogP contribution in [0.3, 0.4) is 0 Å². The van der Waals surface area contributed by atoms with E-state index in [9.17, 15) is 9.18 Å². The van der Waals surface area contributed by atoms with Crippen molar-refractivity contribution in [1.82, 2.24) is 0 Å². The van der Waals surface area contributed by atoms with Gasteiger partial charge in [-0.3, -0.25) is 4.79 Å². The number of halogens is 1. The Kier molecular flexibility index (Phi) is 9.45. The average molecular weight is 483 g/mol. The Morgan fingerprint density at radius 2 is 1.86 bits per heavy atom. The van der Waals surface area contributed by atoms with E-state index in [0.29, 0.717) is 24.2 Å². The number of hydrogen-bond donors (Lipinski definition) is 0. The van der Waals surface area contributed by atoms with Gasteiger partial charge in [-0.15, -0.1) is 0 Å². The third-order valence-corrected chi connectivity index (χ3v) is 9.01. The van der Waals surface area contributed by atoms with Crippen LogP contribution in [0.4, 0.5) is 4.39 Å². The van der Waals surface area contributed by atoms with Crippen molar-refractivity contribution in [3.05, 3.63) is 48.8 Å². The highest BCUT2D eigenvalue weighted by Crippen LogP contribution is 2.50. The summed E-state index contributed by atoms with van der Waals surface area (Å²) in [6, 6.07) is 4.41. The first-order chi connectivity index (χ1) is 17.1. The second-order valence-corrected chi connectivity index (χ2v) is 11.1. The fourth-order valence-corrected chi connectivity index (χ4v) is 7.16. The zero-order chi connectivity index (χ0) is 24.6. The second kappa shape index (κ2) is 12.7. The van der Waals surface area contributed by atoms with Gasteiger partial charge >= 0.3 is 5.97 Å². The van der Waals surface area contributed by atoms with E-state index in [1.54, 1.807) is 12.1 Å². The highest BCUT2D eigenvalue weighted by Gasteiger charge is 2.43. The predicted molar refractivity (Wildman–Crippen MR) is 139 cm³/mol. The molecule has 3 aliphatic rings. The molecule has 0 bridgehead atoms. The van der Waals surface area contributed by atoms with Crippen LogP contribution in [-0.2, 0) is 4.79 Å². The summed E-state index contributed by atoms with van der Waals surface area (Å²) in [5.41, 5.74) is 0. The maximum atomic E-state index is 14.5. The lowest BCUT2D eigenvalue weighted by molar-refractivity contribution is -0.144. The minimum absolute atomic E-state index is 0.00273. The Morgan fingerprint density at radius 3 is 2.60 bits per heavy atom. The van der Waals surface area contributed by atoms with Crippen LogP contribution in [-0.4, -0.2) is 12.6 Å². The van der Waals surface area contributed by atoms with Crippen molar-refractivity contribution in [2.45, 2.75) is 84.0 Å². The van der Waals surface area contributed by atoms with Crippen LogP contribution in [0, 0.1) is 41.3 Å². The van der Waals surface area contributed by atoms with Gasteiger partial charge in [0, 0.05) is 6.07 Å². The number of esters is 1. The highest BCUT2D eigenvalue weighted by molar-refractivity contribution is 5.75. The lowest BCUT2D eigenvalue weighted by Gasteiger charge is -2.46. The molecule has 35 heavy (non-hydrogen) atoms. The van der Waals surface area contributed by atoms with E-state index in [-0.39, 0.29) is 17.6 Å². The van der Waals surface area contributed by atoms with Gasteiger partial charge in [-0.25, -0.2) is 4.39 Å². The molecule has 3 saturated carbocycles. The number of carbonyl (C=O) groups excluding carboxylic acids is 1. The van der Waals surface area contributed by atoms with E-state index in [2.05, 4.69) is 25.7 Å². The minimum Gasteiger partial charge on any atom is -0.489 e. The number of carbonyl (C=O) groups is 1. The lowest BCUT2D eigenvalue weighted by Crippen LogP contribution is -2.40. The van der Waals surface area contributed by atoms with Crippen LogP contribution in [0.15, 0.2) is 43.0 Å². The fourth-order valence-electron chi connectivity index (χ4n) is 7.16. The summed E-state index contributed by atoms with van der Waals surface area (Å²) in [5.74, 6) is 3.11. The van der Waals surface area contributed by atoms with Crippen LogP contribution in [0.2, 0.25) is 0 Å². The molecule has 0 aromatic heterocycles. The number of ether oxygens (including phenoxy) is 2. The molecule has 4 unspecified atom stereocenters. The van der Waals surface area contributed by atoms with Crippen LogP contribution in [0.5, 0.6) is 11.5 Å². The predicted octanol–water partition coefficient (Wildman–Crippen LogP) is 8.29. The Morgan fingerprint density at radius 1 is 1.06 bits per heavy atom. The van der Waals surface area contributed by atoms with Gasteiger partial charge in [0.15, 0.2) is 11.6 Å². The summed E-state index contributed by atoms with van der Waals surface area (Å²) in [7, 11) is 0. The van der Waals surface area contributed by atoms with E-state index in [0.717, 1.165) is 37.0 Å². The summed E-state index contributed by atoms with van der Waals surface area (Å²) in [6.07, 6.45) is 21.0. The molecular formula is C31H43FO3. The van der Waals surface area contributed by atoms with E-state index < -0.39 is 5.82 Å². The van der Waals surface area contributed by atoms with Crippen molar-refractivity contribution < 1.29 is 18.7 Å². The molecule has 192 valence electrons. The Labute approximate surface area is 211 Å². The van der Waals surface area contributed by atoms with Crippen molar-refractivity contribution in [3.8, 4) is 11.5 Å². The topological polar surface area (TPSA) is 35.5 Å². The standard InChI is InChI=1S/C31H43FO3/c1-3-5-6-8-22-11-13-23(14-12-22)24-15-17-27-25(20-24)9-7-10-28(27)31(33)35-30-18-16-26(21-29(30)32)34-19-4-2/h3-5,16,18,21-25,27-28H,2,6-15,17,19-20H2,1H3/b5-3+. The number of benzene rings is 1. The molecule has 1 aromatic carbocycles. The molecule has 4 heteroatoms. The first-order valence-corrected chi connectivity index (χ1v) is 13.9. The SMILES string of the molecule is C=CCOc1ccc(OC(=O)C2CCCC3CC(C4CCC(CC/C=C/C)CC4)CCC32)c(F)c1. The first-order valence-electron chi connectivity index (χ1n) is 13.9. The smallest absolute Gasteiger partial charge is 0.314 e. The molecular weight excluding hydrogens is 439 g/mol. The van der Waals surface area contributed by atoms with Gasteiger partial charge in [0.1, 0.15) is 12.4 Å². The van der Waals surface area contributed by atoms with Gasteiger partial charge in [0.2, 0.25) is 0 Å². The molecule has 3 fully saturated rings. The number of allylic oxidation sites excluding steroid dienone is 2. The summed E-state index contributed by atoms with van der Waals surface area (Å²) < 4.78 is 25.5. The highest BCUT2D eigenvalue weighted by atomic mass is 19.1. The molecule has 1 aromatic rings. The van der Waals surface area contributed by atoms with Crippen LogP contribution < -0.4 is 9.47 Å². The molecule has 3 aliphatic carbocycles. The van der Waals surface area contributed by atoms with Crippen molar-refractivity contribution in [1.29, 1.82) is 0 Å². The second-order valence-electron chi connectivity index (χ2n) is 11.1. The number of hydrogen-bond acceptors (Lipinski definition) is 3. The van der Waals surface area contributed by atoms with Gasteiger partial charge in [-0.05, 0) is 100 Å². The third-order valence-electron chi connectivity index (χ3n) is 9.01. The summed E-state index contributed by atoms with van der Waals surface area (Å²) in [6.45, 7) is 6.01. The number of rotatable bonds is 9. The Hall–Kier alpha value is -2.10. The zero-order valence-corrected chi connectivity index (χ0v) is 21.4. The molecule has 0 radical (unpaired) electrons. The Balaban J connectivity index is 1.29. The molecule has 0 N–H and O–H groups in total. The molecule has 0 aliphatic heterocycles. The lowest BCUT2D eigenvalue weighted by atomic mass is 9.59. The maximum Gasteiger partial charge on any atom is 0.314 e. The molecule has 0 saturated heterocycles. The molecule has 0 spiro atoms. The van der Waals surface area contributed by atoms with Crippen LogP contribution in [0.25, 0.3) is 0 Å². The summed E-state index contributed by atoms with van der Waals surface area (Å²) >= 11 is 0. The van der Waals surface area contributed by atoms with E-state index in [4.69, 9.17) is 9.47 Å². The maximum absolute atomic E-state index is 14.5. The van der Waals surface area contributed by atoms with E-state index in [1.807, 2.05) is 0 Å². The third kappa shape index (κ3) is 6.77. The molecule has 4 atom stereocenters. The molecule has 0 amide bonds.